The van der Waals surface area contributed by atoms with E-state index < -0.39 is 0 Å². The maximum Gasteiger partial charge on any atom is 0.250 e. The van der Waals surface area contributed by atoms with Crippen LogP contribution in [0.15, 0.2) is 53.6 Å². The van der Waals surface area contributed by atoms with Gasteiger partial charge in [0.15, 0.2) is 0 Å². The smallest absolute Gasteiger partial charge is 0.250 e. The van der Waals surface area contributed by atoms with Crippen LogP contribution in [0.25, 0.3) is 10.9 Å². The Morgan fingerprint density at radius 3 is 2.10 bits per heavy atom. The van der Waals surface area contributed by atoms with Gasteiger partial charge < -0.3 is 14.4 Å². The molecule has 6 rings (SSSR count). The number of nitrogens with one attached hydrogen (secondary N) is 1. The molecule has 8 nitrogen and oxygen atoms in total. The summed E-state index contributed by atoms with van der Waals surface area (Å²) in [6, 6.07) is 16.4. The van der Waals surface area contributed by atoms with Crippen molar-refractivity contribution in [3.05, 3.63) is 70.4 Å². The molecule has 2 fully saturated rings. The van der Waals surface area contributed by atoms with Crippen molar-refractivity contribution in [3.8, 4) is 0 Å². The van der Waals surface area contributed by atoms with Crippen LogP contribution in [0.3, 0.4) is 0 Å². The van der Waals surface area contributed by atoms with Crippen molar-refractivity contribution in [3.63, 3.8) is 0 Å². The van der Waals surface area contributed by atoms with Gasteiger partial charge in [0, 0.05) is 59.9 Å². The molecule has 2 aliphatic rings. The number of halogens is 1. The fourth-order valence-electron chi connectivity index (χ4n) is 5.65. The molecule has 0 saturated carbocycles. The van der Waals surface area contributed by atoms with E-state index in [1.807, 2.05) is 24.4 Å². The molecule has 39 heavy (non-hydrogen) atoms. The molecule has 0 spiro atoms. The standard InChI is InChI=1S/C30H35ClN8/c1-22-25(24-13-5-7-15-27(24)39(22)21-23-12-4-6-14-26(23)31)20-32-36-28-33-29(37-16-8-2-9-17-37)35-30(34-28)38-18-10-3-11-19-38/h4-7,12-15,20H,2-3,8-11,16-19,21H2,1H3,(H,33,34,35,36)/b32-20-. The lowest BCUT2D eigenvalue weighted by molar-refractivity contribution is 0.556. The van der Waals surface area contributed by atoms with Gasteiger partial charge in [0.2, 0.25) is 17.8 Å². The van der Waals surface area contributed by atoms with Gasteiger partial charge in [-0.25, -0.2) is 5.43 Å². The normalized spacial score (nSPS) is 16.4. The highest BCUT2D eigenvalue weighted by Gasteiger charge is 2.20. The molecule has 0 aliphatic carbocycles. The zero-order chi connectivity index (χ0) is 26.6. The van der Waals surface area contributed by atoms with Crippen molar-refractivity contribution in [2.75, 3.05) is 41.4 Å². The van der Waals surface area contributed by atoms with E-state index in [2.05, 4.69) is 62.1 Å². The van der Waals surface area contributed by atoms with Gasteiger partial charge in [-0.2, -0.15) is 20.1 Å². The fourth-order valence-corrected chi connectivity index (χ4v) is 5.85. The van der Waals surface area contributed by atoms with Crippen LogP contribution in [0.2, 0.25) is 5.02 Å². The first-order valence-corrected chi connectivity index (χ1v) is 14.4. The first kappa shape index (κ1) is 25.6. The van der Waals surface area contributed by atoms with Crippen LogP contribution in [0, 0.1) is 6.92 Å². The lowest BCUT2D eigenvalue weighted by Gasteiger charge is -2.30. The Kier molecular flexibility index (Phi) is 7.63. The maximum atomic E-state index is 6.50. The van der Waals surface area contributed by atoms with Crippen molar-refractivity contribution in [2.24, 2.45) is 5.10 Å². The molecule has 0 atom stereocenters. The highest BCUT2D eigenvalue weighted by molar-refractivity contribution is 6.31. The third kappa shape index (κ3) is 5.57. The van der Waals surface area contributed by atoms with E-state index in [4.69, 9.17) is 26.6 Å². The van der Waals surface area contributed by atoms with Crippen LogP contribution in [0.4, 0.5) is 17.8 Å². The van der Waals surface area contributed by atoms with Crippen molar-refractivity contribution >= 4 is 46.6 Å². The zero-order valence-electron chi connectivity index (χ0n) is 22.5. The fraction of sp³-hybridized carbons (Fsp3) is 0.400. The van der Waals surface area contributed by atoms with Crippen LogP contribution in [0.1, 0.15) is 55.3 Å². The molecule has 9 heteroatoms. The molecule has 2 aromatic carbocycles. The Labute approximate surface area is 234 Å². The minimum atomic E-state index is 0.486. The van der Waals surface area contributed by atoms with Gasteiger partial charge in [-0.05, 0) is 63.1 Å². The second kappa shape index (κ2) is 11.6. The Balaban J connectivity index is 1.30. The number of hydrazone groups is 1. The molecule has 0 radical (unpaired) electrons. The van der Waals surface area contributed by atoms with Gasteiger partial charge in [-0.15, -0.1) is 0 Å². The highest BCUT2D eigenvalue weighted by Crippen LogP contribution is 2.28. The number of para-hydroxylation sites is 1. The van der Waals surface area contributed by atoms with E-state index in [9.17, 15) is 0 Å². The van der Waals surface area contributed by atoms with Crippen LogP contribution < -0.4 is 15.2 Å². The van der Waals surface area contributed by atoms with Crippen LogP contribution in [0.5, 0.6) is 0 Å². The second-order valence-electron chi connectivity index (χ2n) is 10.4. The molecule has 202 valence electrons. The number of piperidine rings is 2. The summed E-state index contributed by atoms with van der Waals surface area (Å²) < 4.78 is 2.30. The summed E-state index contributed by atoms with van der Waals surface area (Å²) in [5.41, 5.74) is 7.56. The molecule has 4 aromatic rings. The molecule has 0 unspecified atom stereocenters. The summed E-state index contributed by atoms with van der Waals surface area (Å²) in [5.74, 6) is 1.98. The van der Waals surface area contributed by atoms with Gasteiger partial charge >= 0.3 is 0 Å². The Morgan fingerprint density at radius 1 is 0.821 bits per heavy atom. The van der Waals surface area contributed by atoms with Crippen molar-refractivity contribution in [1.82, 2.24) is 19.5 Å². The number of rotatable bonds is 7. The molecular weight excluding hydrogens is 508 g/mol. The third-order valence-electron chi connectivity index (χ3n) is 7.81. The van der Waals surface area contributed by atoms with Crippen molar-refractivity contribution in [2.45, 2.75) is 52.0 Å². The minimum Gasteiger partial charge on any atom is -0.341 e. The van der Waals surface area contributed by atoms with Crippen molar-refractivity contribution in [1.29, 1.82) is 0 Å². The number of fused-ring (bicyclic) bond motifs is 1. The predicted molar refractivity (Wildman–Crippen MR) is 160 cm³/mol. The molecule has 4 heterocycles. The summed E-state index contributed by atoms with van der Waals surface area (Å²) in [7, 11) is 0. The van der Waals surface area contributed by atoms with E-state index >= 15 is 0 Å². The molecule has 2 saturated heterocycles. The number of aromatic nitrogens is 4. The Bertz CT molecular complexity index is 1430. The molecule has 2 aromatic heterocycles. The van der Waals surface area contributed by atoms with Gasteiger partial charge in [0.1, 0.15) is 0 Å². The summed E-state index contributed by atoms with van der Waals surface area (Å²) in [6.45, 7) is 6.75. The van der Waals surface area contributed by atoms with Crippen LogP contribution in [-0.4, -0.2) is 51.9 Å². The average molecular weight is 543 g/mol. The van der Waals surface area contributed by atoms with E-state index in [-0.39, 0.29) is 0 Å². The van der Waals surface area contributed by atoms with E-state index in [1.165, 1.54) is 38.5 Å². The molecule has 0 bridgehead atoms. The minimum absolute atomic E-state index is 0.486. The largest absolute Gasteiger partial charge is 0.341 e. The summed E-state index contributed by atoms with van der Waals surface area (Å²) in [4.78, 5) is 19.0. The Hall–Kier alpha value is -3.65. The van der Waals surface area contributed by atoms with E-state index in [0.29, 0.717) is 12.5 Å². The summed E-state index contributed by atoms with van der Waals surface area (Å²) in [5, 5.41) is 6.55. The number of hydrogen-bond acceptors (Lipinski definition) is 7. The van der Waals surface area contributed by atoms with Crippen LogP contribution >= 0.6 is 11.6 Å². The molecule has 2 aliphatic heterocycles. The lowest BCUT2D eigenvalue weighted by atomic mass is 10.1. The highest BCUT2D eigenvalue weighted by atomic mass is 35.5. The molecule has 1 N–H and O–H groups in total. The lowest BCUT2D eigenvalue weighted by Crippen LogP contribution is -2.34. The van der Waals surface area contributed by atoms with Crippen molar-refractivity contribution < 1.29 is 0 Å². The van der Waals surface area contributed by atoms with Gasteiger partial charge in [0.05, 0.1) is 6.21 Å². The van der Waals surface area contributed by atoms with Crippen LogP contribution in [-0.2, 0) is 6.54 Å². The maximum absolute atomic E-state index is 6.50. The number of hydrogen-bond donors (Lipinski definition) is 1. The topological polar surface area (TPSA) is 74.5 Å². The summed E-state index contributed by atoms with van der Waals surface area (Å²) >= 11 is 6.50. The number of nitrogens with zero attached hydrogens (tertiary/aromatic N) is 7. The first-order chi connectivity index (χ1) is 19.2. The SMILES string of the molecule is Cc1c(/C=N\Nc2nc(N3CCCCC3)nc(N3CCCCC3)n2)c2ccccc2n1Cc1ccccc1Cl. The Morgan fingerprint density at radius 2 is 1.44 bits per heavy atom. The predicted octanol–water partition coefficient (Wildman–Crippen LogP) is 6.26. The second-order valence-corrected chi connectivity index (χ2v) is 10.8. The quantitative estimate of drug-likeness (QED) is 0.219. The average Bonchev–Trinajstić information content (AvgIpc) is 3.25. The number of benzene rings is 2. The number of anilines is 3. The van der Waals surface area contributed by atoms with E-state index in [0.717, 1.165) is 70.8 Å². The first-order valence-electron chi connectivity index (χ1n) is 14.0. The van der Waals surface area contributed by atoms with Gasteiger partial charge in [0.25, 0.3) is 0 Å². The zero-order valence-corrected chi connectivity index (χ0v) is 23.2. The molecular formula is C30H35ClN8. The molecule has 0 amide bonds. The van der Waals surface area contributed by atoms with Gasteiger partial charge in [-0.1, -0.05) is 48.0 Å². The monoisotopic (exact) mass is 542 g/mol. The third-order valence-corrected chi connectivity index (χ3v) is 8.18. The van der Waals surface area contributed by atoms with E-state index in [1.54, 1.807) is 0 Å². The van der Waals surface area contributed by atoms with Gasteiger partial charge in [-0.3, -0.25) is 0 Å². The summed E-state index contributed by atoms with van der Waals surface area (Å²) in [6.07, 6.45) is 9.09.